The molecule has 3 heterocycles. The Labute approximate surface area is 216 Å². The van der Waals surface area contributed by atoms with Gasteiger partial charge in [0.25, 0.3) is 0 Å². The van der Waals surface area contributed by atoms with E-state index >= 15 is 0 Å². The standard InChI is InChI=1S/C15H12N2O2.C12H10N4OS/c1-19-15-16-8-13(9-17-15)11-2-3-12-7-14(18)5-4-10(12)6-11;1-17-12-14-5-8(6-15-12)7-2-3-9-10(4-7)18-11(13)16-9/h2-9,18H,1H3;2-6H,1H3,(H2,13,16). The first-order valence-corrected chi connectivity index (χ1v) is 12.0. The second-order valence-electron chi connectivity index (χ2n) is 7.90. The molecular weight excluding hydrogens is 488 g/mol. The number of hydrogen-bond acceptors (Lipinski definition) is 10. The van der Waals surface area contributed by atoms with Gasteiger partial charge in [-0.3, -0.25) is 0 Å². The maximum absolute atomic E-state index is 9.44. The Kier molecular flexibility index (Phi) is 6.73. The van der Waals surface area contributed by atoms with Crippen LogP contribution < -0.4 is 15.2 Å². The Balaban J connectivity index is 0.000000152. The number of benzene rings is 3. The normalized spacial score (nSPS) is 10.6. The van der Waals surface area contributed by atoms with Gasteiger partial charge in [-0.1, -0.05) is 35.6 Å². The molecule has 6 aromatic rings. The average Bonchev–Trinajstić information content (AvgIpc) is 3.32. The zero-order chi connectivity index (χ0) is 25.8. The predicted molar refractivity (Wildman–Crippen MR) is 145 cm³/mol. The maximum Gasteiger partial charge on any atom is 0.316 e. The van der Waals surface area contributed by atoms with Crippen molar-refractivity contribution >= 4 is 37.5 Å². The van der Waals surface area contributed by atoms with Gasteiger partial charge < -0.3 is 20.3 Å². The van der Waals surface area contributed by atoms with Gasteiger partial charge in [0.05, 0.1) is 24.4 Å². The van der Waals surface area contributed by atoms with E-state index in [9.17, 15) is 5.11 Å². The smallest absolute Gasteiger partial charge is 0.316 e. The number of phenols is 1. The Morgan fingerprint density at radius 1 is 0.676 bits per heavy atom. The van der Waals surface area contributed by atoms with Gasteiger partial charge in [-0.15, -0.1) is 0 Å². The molecule has 0 saturated carbocycles. The van der Waals surface area contributed by atoms with E-state index in [-0.39, 0.29) is 5.75 Å². The van der Waals surface area contributed by atoms with E-state index in [0.29, 0.717) is 17.2 Å². The van der Waals surface area contributed by atoms with E-state index < -0.39 is 0 Å². The number of fused-ring (bicyclic) bond motifs is 2. The fourth-order valence-electron chi connectivity index (χ4n) is 3.68. The second-order valence-corrected chi connectivity index (χ2v) is 8.96. The highest BCUT2D eigenvalue weighted by Gasteiger charge is 2.06. The summed E-state index contributed by atoms with van der Waals surface area (Å²) in [5.74, 6) is 0.271. The van der Waals surface area contributed by atoms with Gasteiger partial charge in [0.15, 0.2) is 5.13 Å². The zero-order valence-electron chi connectivity index (χ0n) is 20.0. The molecule has 0 fully saturated rings. The van der Waals surface area contributed by atoms with Crippen LogP contribution in [0.4, 0.5) is 5.13 Å². The molecule has 9 nitrogen and oxygen atoms in total. The fraction of sp³-hybridized carbons (Fsp3) is 0.0741. The molecule has 37 heavy (non-hydrogen) atoms. The van der Waals surface area contributed by atoms with E-state index in [1.807, 2.05) is 42.5 Å². The summed E-state index contributed by atoms with van der Waals surface area (Å²) >= 11 is 1.47. The molecular formula is C27H22N6O3S. The first-order chi connectivity index (χ1) is 18.0. The maximum atomic E-state index is 9.44. The minimum absolute atomic E-state index is 0.271. The van der Waals surface area contributed by atoms with Crippen LogP contribution in [0.2, 0.25) is 0 Å². The lowest BCUT2D eigenvalue weighted by molar-refractivity contribution is 0.379. The first-order valence-electron chi connectivity index (χ1n) is 11.1. The Bertz CT molecular complexity index is 1670. The van der Waals surface area contributed by atoms with Crippen LogP contribution in [-0.2, 0) is 0 Å². The lowest BCUT2D eigenvalue weighted by Gasteiger charge is -2.04. The molecule has 184 valence electrons. The third-order valence-electron chi connectivity index (χ3n) is 5.52. The Morgan fingerprint density at radius 3 is 1.84 bits per heavy atom. The molecule has 0 spiro atoms. The third kappa shape index (κ3) is 5.39. The van der Waals surface area contributed by atoms with Gasteiger partial charge in [-0.05, 0) is 52.2 Å². The fourth-order valence-corrected chi connectivity index (χ4v) is 4.45. The summed E-state index contributed by atoms with van der Waals surface area (Å²) in [4.78, 5) is 20.6. The van der Waals surface area contributed by atoms with Crippen LogP contribution in [0.5, 0.6) is 17.8 Å². The van der Waals surface area contributed by atoms with Crippen molar-refractivity contribution in [3.8, 4) is 40.0 Å². The molecule has 0 bridgehead atoms. The molecule has 6 rings (SSSR count). The van der Waals surface area contributed by atoms with Gasteiger partial charge in [0.1, 0.15) is 5.75 Å². The highest BCUT2D eigenvalue weighted by molar-refractivity contribution is 7.22. The monoisotopic (exact) mass is 510 g/mol. The highest BCUT2D eigenvalue weighted by atomic mass is 32.1. The van der Waals surface area contributed by atoms with E-state index in [0.717, 1.165) is 43.2 Å². The summed E-state index contributed by atoms with van der Waals surface area (Å²) < 4.78 is 10.9. The molecule has 0 atom stereocenters. The van der Waals surface area contributed by atoms with E-state index in [1.54, 1.807) is 44.0 Å². The number of rotatable bonds is 4. The minimum Gasteiger partial charge on any atom is -0.508 e. The number of nitrogens with two attached hydrogens (primary N) is 1. The van der Waals surface area contributed by atoms with Crippen LogP contribution in [0, 0.1) is 0 Å². The Hall–Kier alpha value is -4.83. The summed E-state index contributed by atoms with van der Waals surface area (Å²) in [6.07, 6.45) is 6.93. The van der Waals surface area contributed by atoms with Crippen LogP contribution >= 0.6 is 11.3 Å². The molecule has 0 radical (unpaired) electrons. The number of anilines is 1. The van der Waals surface area contributed by atoms with Gasteiger partial charge in [0.2, 0.25) is 0 Å². The number of aromatic hydroxyl groups is 1. The van der Waals surface area contributed by atoms with Gasteiger partial charge in [0, 0.05) is 35.9 Å². The zero-order valence-corrected chi connectivity index (χ0v) is 20.8. The topological polar surface area (TPSA) is 129 Å². The summed E-state index contributed by atoms with van der Waals surface area (Å²) in [5, 5.41) is 12.1. The number of ether oxygens (including phenoxy) is 2. The van der Waals surface area contributed by atoms with Crippen molar-refractivity contribution in [2.45, 2.75) is 0 Å². The molecule has 0 aliphatic rings. The van der Waals surface area contributed by atoms with E-state index in [1.165, 1.54) is 18.4 Å². The highest BCUT2D eigenvalue weighted by Crippen LogP contribution is 2.29. The summed E-state index contributed by atoms with van der Waals surface area (Å²) in [6, 6.07) is 18.0. The second kappa shape index (κ2) is 10.4. The lowest BCUT2D eigenvalue weighted by Crippen LogP contribution is -1.91. The SMILES string of the molecule is COc1ncc(-c2ccc3cc(O)ccc3c2)cn1.COc1ncc(-c2ccc3nc(N)sc3c2)cn1. The molecule has 0 aliphatic carbocycles. The molecule has 10 heteroatoms. The van der Waals surface area contributed by atoms with Crippen LogP contribution in [0.15, 0.2) is 79.4 Å². The number of hydrogen-bond donors (Lipinski definition) is 2. The number of aromatic nitrogens is 5. The van der Waals surface area contributed by atoms with Crippen LogP contribution in [0.3, 0.4) is 0 Å². The predicted octanol–water partition coefficient (Wildman–Crippen LogP) is 5.36. The first kappa shape index (κ1) is 23.9. The van der Waals surface area contributed by atoms with Crippen molar-refractivity contribution < 1.29 is 14.6 Å². The summed E-state index contributed by atoms with van der Waals surface area (Å²) in [5.41, 5.74) is 10.5. The quantitative estimate of drug-likeness (QED) is 0.322. The van der Waals surface area contributed by atoms with Gasteiger partial charge in [-0.25, -0.2) is 24.9 Å². The molecule has 0 unspecified atom stereocenters. The number of nitrogens with zero attached hydrogens (tertiary/aromatic N) is 5. The van der Waals surface area contributed by atoms with Crippen molar-refractivity contribution in [1.82, 2.24) is 24.9 Å². The van der Waals surface area contributed by atoms with Crippen molar-refractivity contribution in [2.24, 2.45) is 0 Å². The van der Waals surface area contributed by atoms with Crippen LogP contribution in [-0.4, -0.2) is 44.2 Å². The summed E-state index contributed by atoms with van der Waals surface area (Å²) in [6.45, 7) is 0. The third-order valence-corrected chi connectivity index (χ3v) is 6.36. The number of phenolic OH excluding ortho intramolecular Hbond substituents is 1. The molecule has 3 aromatic heterocycles. The van der Waals surface area contributed by atoms with Crippen molar-refractivity contribution in [3.05, 3.63) is 79.4 Å². The van der Waals surface area contributed by atoms with E-state index in [4.69, 9.17) is 15.2 Å². The van der Waals surface area contributed by atoms with Gasteiger partial charge in [-0.2, -0.15) is 0 Å². The van der Waals surface area contributed by atoms with Gasteiger partial charge >= 0.3 is 12.0 Å². The largest absolute Gasteiger partial charge is 0.508 e. The molecule has 3 aromatic carbocycles. The van der Waals surface area contributed by atoms with Crippen molar-refractivity contribution in [3.63, 3.8) is 0 Å². The van der Waals surface area contributed by atoms with Crippen molar-refractivity contribution in [2.75, 3.05) is 20.0 Å². The Morgan fingerprint density at radius 2 is 1.22 bits per heavy atom. The molecule has 0 amide bonds. The lowest BCUT2D eigenvalue weighted by atomic mass is 10.0. The number of thiazole rings is 1. The van der Waals surface area contributed by atoms with E-state index in [2.05, 4.69) is 24.9 Å². The molecule has 3 N–H and O–H groups in total. The van der Waals surface area contributed by atoms with Crippen molar-refractivity contribution in [1.29, 1.82) is 0 Å². The minimum atomic E-state index is 0.271. The average molecular weight is 511 g/mol. The molecule has 0 aliphatic heterocycles. The van der Waals surface area contributed by atoms with Crippen LogP contribution in [0.25, 0.3) is 43.2 Å². The van der Waals surface area contributed by atoms with Crippen LogP contribution in [0.1, 0.15) is 0 Å². The molecule has 0 saturated heterocycles. The number of methoxy groups -OCH3 is 2. The summed E-state index contributed by atoms with van der Waals surface area (Å²) in [7, 11) is 3.08. The number of nitrogen functional groups attached to an aromatic ring is 1.